The average Bonchev–Trinajstić information content (AvgIpc) is 2.29. The highest BCUT2D eigenvalue weighted by Gasteiger charge is 2.12. The first kappa shape index (κ1) is 13.5. The second-order valence-electron chi connectivity index (χ2n) is 3.47. The maximum Gasteiger partial charge on any atom is 0.320 e. The highest BCUT2D eigenvalue weighted by atomic mass is 35.5. The minimum absolute atomic E-state index is 0.0846. The summed E-state index contributed by atoms with van der Waals surface area (Å²) in [5.74, 6) is -1.35. The monoisotopic (exact) mass is 256 g/mol. The third-order valence-electron chi connectivity index (χ3n) is 2.09. The van der Waals surface area contributed by atoms with Gasteiger partial charge >= 0.3 is 5.97 Å². The smallest absolute Gasteiger partial charge is 0.320 e. The minimum Gasteiger partial charge on any atom is -0.480 e. The number of benzene rings is 1. The Hall–Kier alpha value is -1.59. The van der Waals surface area contributed by atoms with Gasteiger partial charge in [-0.3, -0.25) is 14.9 Å². The number of hydrogen-bond acceptors (Lipinski definition) is 3. The molecule has 0 aromatic heterocycles. The topological polar surface area (TPSA) is 78.4 Å². The normalized spacial score (nSPS) is 11.9. The van der Waals surface area contributed by atoms with E-state index in [1.54, 1.807) is 24.3 Å². The predicted octanol–water partition coefficient (Wildman–Crippen LogP) is 1.34. The van der Waals surface area contributed by atoms with Crippen molar-refractivity contribution in [2.24, 2.45) is 0 Å². The quantitative estimate of drug-likeness (QED) is 0.743. The minimum atomic E-state index is -1.00. The number of carboxylic acid groups (broad SMARTS) is 1. The zero-order chi connectivity index (χ0) is 12.8. The maximum absolute atomic E-state index is 11.5. The van der Waals surface area contributed by atoms with E-state index in [0.717, 1.165) is 0 Å². The van der Waals surface area contributed by atoms with E-state index >= 15 is 0 Å². The lowest BCUT2D eigenvalue weighted by atomic mass is 10.3. The summed E-state index contributed by atoms with van der Waals surface area (Å²) in [4.78, 5) is 22.0. The summed E-state index contributed by atoms with van der Waals surface area (Å²) in [6, 6.07) is 6.05. The van der Waals surface area contributed by atoms with Crippen molar-refractivity contribution < 1.29 is 14.7 Å². The van der Waals surface area contributed by atoms with E-state index in [1.807, 2.05) is 0 Å². The third kappa shape index (κ3) is 4.42. The molecule has 0 unspecified atom stereocenters. The molecule has 0 aliphatic heterocycles. The largest absolute Gasteiger partial charge is 0.480 e. The van der Waals surface area contributed by atoms with Crippen molar-refractivity contribution in [1.82, 2.24) is 5.32 Å². The molecule has 0 spiro atoms. The van der Waals surface area contributed by atoms with E-state index in [1.165, 1.54) is 6.92 Å². The van der Waals surface area contributed by atoms with Crippen LogP contribution in [0, 0.1) is 0 Å². The van der Waals surface area contributed by atoms with Gasteiger partial charge in [0.1, 0.15) is 6.04 Å². The molecule has 0 saturated heterocycles. The zero-order valence-corrected chi connectivity index (χ0v) is 9.99. The highest BCUT2D eigenvalue weighted by Crippen LogP contribution is 2.19. The fourth-order valence-electron chi connectivity index (χ4n) is 1.09. The summed E-state index contributed by atoms with van der Waals surface area (Å²) < 4.78 is 0. The molecule has 0 aliphatic carbocycles. The molecule has 1 atom stereocenters. The van der Waals surface area contributed by atoms with Gasteiger partial charge in [0.2, 0.25) is 5.91 Å². The number of carbonyl (C=O) groups is 2. The van der Waals surface area contributed by atoms with Crippen LogP contribution in [-0.4, -0.2) is 29.6 Å². The van der Waals surface area contributed by atoms with Crippen LogP contribution in [0.25, 0.3) is 0 Å². The number of aliphatic carboxylic acids is 1. The van der Waals surface area contributed by atoms with E-state index < -0.39 is 12.0 Å². The molecule has 3 N–H and O–H groups in total. The van der Waals surface area contributed by atoms with Crippen molar-refractivity contribution in [1.29, 1.82) is 0 Å². The Morgan fingerprint density at radius 3 is 2.65 bits per heavy atom. The van der Waals surface area contributed by atoms with Gasteiger partial charge in [-0.15, -0.1) is 0 Å². The Bertz CT molecular complexity index is 423. The molecule has 0 heterocycles. The lowest BCUT2D eigenvalue weighted by molar-refractivity contribution is -0.139. The number of anilines is 1. The third-order valence-corrected chi connectivity index (χ3v) is 2.42. The summed E-state index contributed by atoms with van der Waals surface area (Å²) >= 11 is 5.85. The number of hydrogen-bond donors (Lipinski definition) is 3. The standard InChI is InChI=1S/C11H13ClN2O3/c1-7(11(16)17)13-6-10(15)14-9-5-3-2-4-8(9)12/h2-5,7,13H,6H2,1H3,(H,14,15)(H,16,17)/t7-/m0/s1. The molecular formula is C11H13ClN2O3. The Morgan fingerprint density at radius 1 is 1.41 bits per heavy atom. The van der Waals surface area contributed by atoms with Crippen LogP contribution in [0.4, 0.5) is 5.69 Å². The molecule has 0 radical (unpaired) electrons. The van der Waals surface area contributed by atoms with Gasteiger partial charge in [0.25, 0.3) is 0 Å². The van der Waals surface area contributed by atoms with Crippen molar-refractivity contribution in [3.63, 3.8) is 0 Å². The summed E-state index contributed by atoms with van der Waals surface area (Å²) in [6.07, 6.45) is 0. The molecule has 5 nitrogen and oxygen atoms in total. The Morgan fingerprint density at radius 2 is 2.06 bits per heavy atom. The fraction of sp³-hybridized carbons (Fsp3) is 0.273. The van der Waals surface area contributed by atoms with Gasteiger partial charge in [-0.1, -0.05) is 23.7 Å². The summed E-state index contributed by atoms with van der Waals surface area (Å²) in [7, 11) is 0. The number of para-hydroxylation sites is 1. The van der Waals surface area contributed by atoms with Crippen LogP contribution in [0.2, 0.25) is 5.02 Å². The molecular weight excluding hydrogens is 244 g/mol. The van der Waals surface area contributed by atoms with E-state index in [9.17, 15) is 9.59 Å². The van der Waals surface area contributed by atoms with Crippen LogP contribution < -0.4 is 10.6 Å². The van der Waals surface area contributed by atoms with E-state index in [4.69, 9.17) is 16.7 Å². The Kier molecular flexibility index (Phi) is 4.93. The van der Waals surface area contributed by atoms with E-state index in [-0.39, 0.29) is 12.5 Å². The first-order valence-electron chi connectivity index (χ1n) is 5.01. The van der Waals surface area contributed by atoms with Gasteiger partial charge in [-0.2, -0.15) is 0 Å². The van der Waals surface area contributed by atoms with Crippen LogP contribution in [0.3, 0.4) is 0 Å². The number of nitrogens with one attached hydrogen (secondary N) is 2. The molecule has 92 valence electrons. The summed E-state index contributed by atoms with van der Waals surface area (Å²) in [6.45, 7) is 1.38. The van der Waals surface area contributed by atoms with Crippen molar-refractivity contribution in [2.45, 2.75) is 13.0 Å². The Labute approximate surface area is 104 Å². The van der Waals surface area contributed by atoms with Crippen LogP contribution in [-0.2, 0) is 9.59 Å². The van der Waals surface area contributed by atoms with Crippen LogP contribution in [0.5, 0.6) is 0 Å². The SMILES string of the molecule is C[C@H](NCC(=O)Nc1ccccc1Cl)C(=O)O. The van der Waals surface area contributed by atoms with Crippen LogP contribution in [0.1, 0.15) is 6.92 Å². The molecule has 1 aromatic rings. The average molecular weight is 257 g/mol. The lowest BCUT2D eigenvalue weighted by Crippen LogP contribution is -2.39. The second kappa shape index (κ2) is 6.22. The van der Waals surface area contributed by atoms with Gasteiger partial charge in [-0.05, 0) is 19.1 Å². The molecule has 1 rings (SSSR count). The number of rotatable bonds is 5. The first-order valence-corrected chi connectivity index (χ1v) is 5.39. The van der Waals surface area contributed by atoms with Gasteiger partial charge in [0.05, 0.1) is 17.3 Å². The highest BCUT2D eigenvalue weighted by molar-refractivity contribution is 6.33. The maximum atomic E-state index is 11.5. The van der Waals surface area contributed by atoms with Gasteiger partial charge in [-0.25, -0.2) is 0 Å². The lowest BCUT2D eigenvalue weighted by Gasteiger charge is -2.10. The number of carbonyl (C=O) groups excluding carboxylic acids is 1. The fourth-order valence-corrected chi connectivity index (χ4v) is 1.27. The summed E-state index contributed by atoms with van der Waals surface area (Å²) in [5.41, 5.74) is 0.504. The molecule has 0 fully saturated rings. The van der Waals surface area contributed by atoms with Crippen molar-refractivity contribution in [2.75, 3.05) is 11.9 Å². The molecule has 0 aliphatic rings. The van der Waals surface area contributed by atoms with E-state index in [2.05, 4.69) is 10.6 Å². The van der Waals surface area contributed by atoms with Crippen molar-refractivity contribution in [3.05, 3.63) is 29.3 Å². The molecule has 0 saturated carbocycles. The number of halogens is 1. The van der Waals surface area contributed by atoms with Crippen LogP contribution >= 0.6 is 11.6 Å². The van der Waals surface area contributed by atoms with Crippen LogP contribution in [0.15, 0.2) is 24.3 Å². The molecule has 6 heteroatoms. The molecule has 17 heavy (non-hydrogen) atoms. The van der Waals surface area contributed by atoms with Crippen molar-refractivity contribution >= 4 is 29.2 Å². The first-order chi connectivity index (χ1) is 8.00. The van der Waals surface area contributed by atoms with Crippen molar-refractivity contribution in [3.8, 4) is 0 Å². The second-order valence-corrected chi connectivity index (χ2v) is 3.88. The molecule has 0 bridgehead atoms. The molecule has 1 amide bonds. The number of carboxylic acids is 1. The molecule has 1 aromatic carbocycles. The predicted molar refractivity (Wildman–Crippen MR) is 65.2 cm³/mol. The Balaban J connectivity index is 2.46. The summed E-state index contributed by atoms with van der Waals surface area (Å²) in [5, 5.41) is 14.2. The van der Waals surface area contributed by atoms with Gasteiger partial charge < -0.3 is 10.4 Å². The van der Waals surface area contributed by atoms with Gasteiger partial charge in [0, 0.05) is 0 Å². The van der Waals surface area contributed by atoms with E-state index in [0.29, 0.717) is 10.7 Å². The van der Waals surface area contributed by atoms with Gasteiger partial charge in [0.15, 0.2) is 0 Å². The zero-order valence-electron chi connectivity index (χ0n) is 9.24. The number of amides is 1.